The lowest BCUT2D eigenvalue weighted by Gasteiger charge is -2.18. The third-order valence-electron chi connectivity index (χ3n) is 2.93. The molecule has 1 aromatic carbocycles. The van der Waals surface area contributed by atoms with Gasteiger partial charge in [-0.1, -0.05) is 6.07 Å². The fourth-order valence-electron chi connectivity index (χ4n) is 2.10. The van der Waals surface area contributed by atoms with Crippen molar-refractivity contribution in [1.29, 1.82) is 0 Å². The van der Waals surface area contributed by atoms with Crippen LogP contribution >= 0.6 is 0 Å². The highest BCUT2D eigenvalue weighted by molar-refractivity contribution is 5.67. The predicted molar refractivity (Wildman–Crippen MR) is 57.9 cm³/mol. The Balaban J connectivity index is 2.21. The van der Waals surface area contributed by atoms with E-state index in [1.54, 1.807) is 7.11 Å². The van der Waals surface area contributed by atoms with Crippen LogP contribution in [-0.4, -0.2) is 16.7 Å². The molecular weight excluding hydrogens is 188 g/mol. The Morgan fingerprint density at radius 1 is 1.40 bits per heavy atom. The summed E-state index contributed by atoms with van der Waals surface area (Å²) in [6.07, 6.45) is 4.87. The monoisotopic (exact) mass is 200 g/mol. The molecule has 15 heavy (non-hydrogen) atoms. The minimum atomic E-state index is 0.906. The first-order valence-corrected chi connectivity index (χ1v) is 5.06. The highest BCUT2D eigenvalue weighted by atomic mass is 16.5. The van der Waals surface area contributed by atoms with E-state index in [4.69, 9.17) is 4.74 Å². The molecule has 1 aliphatic heterocycles. The molecule has 3 nitrogen and oxygen atoms in total. The highest BCUT2D eigenvalue weighted by Crippen LogP contribution is 2.31. The van der Waals surface area contributed by atoms with Gasteiger partial charge in [0.05, 0.1) is 25.3 Å². The van der Waals surface area contributed by atoms with Crippen LogP contribution in [0.4, 0.5) is 0 Å². The summed E-state index contributed by atoms with van der Waals surface area (Å²) in [5, 5.41) is 0. The van der Waals surface area contributed by atoms with Gasteiger partial charge in [-0.3, -0.25) is 0 Å². The quantitative estimate of drug-likeness (QED) is 0.705. The van der Waals surface area contributed by atoms with Crippen molar-refractivity contribution in [2.24, 2.45) is 0 Å². The molecule has 0 saturated carbocycles. The third kappa shape index (κ3) is 1.23. The molecule has 0 amide bonds. The lowest BCUT2D eigenvalue weighted by molar-refractivity contribution is 0.414. The van der Waals surface area contributed by atoms with Crippen molar-refractivity contribution in [1.82, 2.24) is 9.55 Å². The van der Waals surface area contributed by atoms with Gasteiger partial charge in [-0.25, -0.2) is 4.98 Å². The molecule has 0 bridgehead atoms. The van der Waals surface area contributed by atoms with E-state index in [0.717, 1.165) is 18.7 Å². The zero-order chi connectivity index (χ0) is 10.3. The van der Waals surface area contributed by atoms with Gasteiger partial charge in [0.1, 0.15) is 5.75 Å². The van der Waals surface area contributed by atoms with Gasteiger partial charge in [0.2, 0.25) is 0 Å². The molecule has 0 atom stereocenters. The number of nitrogens with zero attached hydrogens (tertiary/aromatic N) is 2. The van der Waals surface area contributed by atoms with Crippen molar-refractivity contribution < 1.29 is 4.74 Å². The Labute approximate surface area is 88.3 Å². The molecule has 3 rings (SSSR count). The molecule has 1 aromatic heterocycles. The minimum absolute atomic E-state index is 0.906. The molecule has 76 valence electrons. The number of methoxy groups -OCH3 is 1. The molecule has 2 aromatic rings. The number of aromatic nitrogens is 2. The summed E-state index contributed by atoms with van der Waals surface area (Å²) in [5.74, 6) is 0.906. The first kappa shape index (κ1) is 8.53. The second-order valence-corrected chi connectivity index (χ2v) is 3.75. The first-order chi connectivity index (χ1) is 7.38. The molecule has 1 aliphatic rings. The van der Waals surface area contributed by atoms with E-state index in [2.05, 4.69) is 21.7 Å². The van der Waals surface area contributed by atoms with Gasteiger partial charge in [0.25, 0.3) is 0 Å². The van der Waals surface area contributed by atoms with Crippen LogP contribution in [-0.2, 0) is 13.0 Å². The van der Waals surface area contributed by atoms with Crippen molar-refractivity contribution in [3.63, 3.8) is 0 Å². The van der Waals surface area contributed by atoms with Gasteiger partial charge in [-0.15, -0.1) is 0 Å². The molecule has 0 radical (unpaired) electrons. The van der Waals surface area contributed by atoms with Gasteiger partial charge >= 0.3 is 0 Å². The number of fused-ring (bicyclic) bond motifs is 3. The SMILES string of the molecule is COc1ccc2c(c1)-c1cncn1CC2. The van der Waals surface area contributed by atoms with Crippen molar-refractivity contribution in [3.05, 3.63) is 36.3 Å². The molecule has 0 unspecified atom stereocenters. The summed E-state index contributed by atoms with van der Waals surface area (Å²) in [6.45, 7) is 1.02. The maximum Gasteiger partial charge on any atom is 0.119 e. The fraction of sp³-hybridized carbons (Fsp3) is 0.250. The molecule has 0 N–H and O–H groups in total. The summed E-state index contributed by atoms with van der Waals surface area (Å²) in [7, 11) is 1.70. The lowest BCUT2D eigenvalue weighted by Crippen LogP contribution is -2.09. The topological polar surface area (TPSA) is 27.1 Å². The van der Waals surface area contributed by atoms with Crippen LogP contribution in [0.1, 0.15) is 5.56 Å². The second kappa shape index (κ2) is 3.12. The summed E-state index contributed by atoms with van der Waals surface area (Å²) in [4.78, 5) is 4.18. The maximum atomic E-state index is 5.24. The summed E-state index contributed by atoms with van der Waals surface area (Å²) >= 11 is 0. The minimum Gasteiger partial charge on any atom is -0.497 e. The summed E-state index contributed by atoms with van der Waals surface area (Å²) in [5.41, 5.74) is 3.82. The van der Waals surface area contributed by atoms with E-state index in [9.17, 15) is 0 Å². The zero-order valence-corrected chi connectivity index (χ0v) is 8.60. The van der Waals surface area contributed by atoms with E-state index in [1.807, 2.05) is 18.6 Å². The van der Waals surface area contributed by atoms with Crippen LogP contribution < -0.4 is 4.74 Å². The first-order valence-electron chi connectivity index (χ1n) is 5.06. The van der Waals surface area contributed by atoms with Crippen molar-refractivity contribution in [3.8, 4) is 17.0 Å². The number of benzene rings is 1. The largest absolute Gasteiger partial charge is 0.497 e. The van der Waals surface area contributed by atoms with E-state index in [-0.39, 0.29) is 0 Å². The number of imidazole rings is 1. The van der Waals surface area contributed by atoms with Gasteiger partial charge in [-0.2, -0.15) is 0 Å². The highest BCUT2D eigenvalue weighted by Gasteiger charge is 2.15. The van der Waals surface area contributed by atoms with Gasteiger partial charge in [-0.05, 0) is 24.1 Å². The number of aryl methyl sites for hydroxylation is 2. The molecule has 0 saturated heterocycles. The Morgan fingerprint density at radius 2 is 2.33 bits per heavy atom. The molecule has 0 fully saturated rings. The lowest BCUT2D eigenvalue weighted by atomic mass is 9.98. The molecule has 2 heterocycles. The molecule has 3 heteroatoms. The van der Waals surface area contributed by atoms with E-state index in [1.165, 1.54) is 16.8 Å². The predicted octanol–water partition coefficient (Wildman–Crippen LogP) is 2.11. The second-order valence-electron chi connectivity index (χ2n) is 3.75. The number of ether oxygens (including phenoxy) is 1. The van der Waals surface area contributed by atoms with Crippen LogP contribution in [0.25, 0.3) is 11.3 Å². The summed E-state index contributed by atoms with van der Waals surface area (Å²) < 4.78 is 7.42. The Hall–Kier alpha value is -1.77. The normalized spacial score (nSPS) is 13.1. The Bertz CT molecular complexity index is 502. The molecular formula is C12H12N2O. The number of hydrogen-bond donors (Lipinski definition) is 0. The number of rotatable bonds is 1. The van der Waals surface area contributed by atoms with E-state index < -0.39 is 0 Å². The Morgan fingerprint density at radius 3 is 3.20 bits per heavy atom. The van der Waals surface area contributed by atoms with Crippen LogP contribution in [0.3, 0.4) is 0 Å². The van der Waals surface area contributed by atoms with Crippen LogP contribution in [0, 0.1) is 0 Å². The average molecular weight is 200 g/mol. The van der Waals surface area contributed by atoms with Crippen molar-refractivity contribution in [2.75, 3.05) is 7.11 Å². The van der Waals surface area contributed by atoms with Crippen molar-refractivity contribution in [2.45, 2.75) is 13.0 Å². The maximum absolute atomic E-state index is 5.24. The van der Waals surface area contributed by atoms with E-state index >= 15 is 0 Å². The molecule has 0 aliphatic carbocycles. The van der Waals surface area contributed by atoms with Gasteiger partial charge < -0.3 is 9.30 Å². The standard InChI is InChI=1S/C12H12N2O/c1-15-10-3-2-9-4-5-14-8-13-7-12(14)11(9)6-10/h2-3,6-8H,4-5H2,1H3. The van der Waals surface area contributed by atoms with Crippen LogP contribution in [0.15, 0.2) is 30.7 Å². The third-order valence-corrected chi connectivity index (χ3v) is 2.93. The Kier molecular flexibility index (Phi) is 1.78. The average Bonchev–Trinajstić information content (AvgIpc) is 2.76. The zero-order valence-electron chi connectivity index (χ0n) is 8.60. The van der Waals surface area contributed by atoms with Gasteiger partial charge in [0, 0.05) is 12.1 Å². The molecule has 0 spiro atoms. The summed E-state index contributed by atoms with van der Waals surface area (Å²) in [6, 6.07) is 6.25. The van der Waals surface area contributed by atoms with E-state index in [0.29, 0.717) is 0 Å². The smallest absolute Gasteiger partial charge is 0.119 e. The number of hydrogen-bond acceptors (Lipinski definition) is 2. The van der Waals surface area contributed by atoms with Crippen LogP contribution in [0.2, 0.25) is 0 Å². The van der Waals surface area contributed by atoms with Gasteiger partial charge in [0.15, 0.2) is 0 Å². The van der Waals surface area contributed by atoms with Crippen LogP contribution in [0.5, 0.6) is 5.75 Å². The fourth-order valence-corrected chi connectivity index (χ4v) is 2.10. The van der Waals surface area contributed by atoms with Crippen molar-refractivity contribution >= 4 is 0 Å².